The zero-order chi connectivity index (χ0) is 11.3. The van der Waals surface area contributed by atoms with E-state index in [1.54, 1.807) is 20.4 Å². The Hall–Kier alpha value is -0.400. The molecule has 0 spiro atoms. The summed E-state index contributed by atoms with van der Waals surface area (Å²) in [6.07, 6.45) is 1.54. The molecule has 5 heteroatoms. The first-order chi connectivity index (χ1) is 7.19. The number of ether oxygens (including phenoxy) is 2. The number of rotatable bonds is 5. The summed E-state index contributed by atoms with van der Waals surface area (Å²) in [5.41, 5.74) is 1.14. The Labute approximate surface area is 104 Å². The predicted octanol–water partition coefficient (Wildman–Crippen LogP) is 2.03. The molecule has 0 bridgehead atoms. The molecule has 0 aliphatic heterocycles. The standard InChI is InChI=1S/C10H15IN2O2/c1-7-8(11)4-5-12-10(7)13-6-9(14-2)15-3/h4-5,9H,6H2,1-3H3,(H,12,13). The van der Waals surface area contributed by atoms with E-state index in [1.165, 1.54) is 3.57 Å². The third-order valence-corrected chi connectivity index (χ3v) is 3.27. The Kier molecular flexibility index (Phi) is 5.27. The van der Waals surface area contributed by atoms with Gasteiger partial charge in [0, 0.05) is 29.6 Å². The molecule has 0 aliphatic carbocycles. The maximum atomic E-state index is 5.08. The second-order valence-electron chi connectivity index (χ2n) is 3.05. The number of pyridine rings is 1. The van der Waals surface area contributed by atoms with Crippen LogP contribution in [0.4, 0.5) is 5.82 Å². The van der Waals surface area contributed by atoms with Gasteiger partial charge in [0.2, 0.25) is 0 Å². The molecule has 0 aromatic carbocycles. The van der Waals surface area contributed by atoms with Crippen LogP contribution in [0.3, 0.4) is 0 Å². The molecule has 1 aromatic heterocycles. The fourth-order valence-electron chi connectivity index (χ4n) is 1.13. The van der Waals surface area contributed by atoms with Crippen molar-refractivity contribution in [2.75, 3.05) is 26.1 Å². The van der Waals surface area contributed by atoms with Crippen molar-refractivity contribution in [3.63, 3.8) is 0 Å². The Morgan fingerprint density at radius 3 is 2.73 bits per heavy atom. The quantitative estimate of drug-likeness (QED) is 0.665. The van der Waals surface area contributed by atoms with E-state index >= 15 is 0 Å². The minimum Gasteiger partial charge on any atom is -0.365 e. The summed E-state index contributed by atoms with van der Waals surface area (Å²) < 4.78 is 11.3. The molecular weight excluding hydrogens is 307 g/mol. The predicted molar refractivity (Wildman–Crippen MR) is 68.0 cm³/mol. The van der Waals surface area contributed by atoms with Crippen LogP contribution in [0.2, 0.25) is 0 Å². The smallest absolute Gasteiger partial charge is 0.173 e. The summed E-state index contributed by atoms with van der Waals surface area (Å²) in [4.78, 5) is 4.25. The monoisotopic (exact) mass is 322 g/mol. The zero-order valence-corrected chi connectivity index (χ0v) is 11.2. The van der Waals surface area contributed by atoms with Crippen molar-refractivity contribution < 1.29 is 9.47 Å². The van der Waals surface area contributed by atoms with Crippen LogP contribution in [-0.4, -0.2) is 32.0 Å². The molecule has 0 radical (unpaired) electrons. The molecule has 0 saturated heterocycles. The molecule has 0 unspecified atom stereocenters. The van der Waals surface area contributed by atoms with Gasteiger partial charge in [0.25, 0.3) is 0 Å². The third kappa shape index (κ3) is 3.58. The molecule has 0 atom stereocenters. The van der Waals surface area contributed by atoms with Gasteiger partial charge in [-0.25, -0.2) is 4.98 Å². The second-order valence-corrected chi connectivity index (χ2v) is 4.21. The summed E-state index contributed by atoms with van der Waals surface area (Å²) >= 11 is 2.28. The number of halogens is 1. The van der Waals surface area contributed by atoms with Crippen molar-refractivity contribution in [1.29, 1.82) is 0 Å². The van der Waals surface area contributed by atoms with Gasteiger partial charge in [0.05, 0.1) is 6.54 Å². The van der Waals surface area contributed by atoms with Gasteiger partial charge in [-0.2, -0.15) is 0 Å². The number of hydrogen-bond donors (Lipinski definition) is 1. The topological polar surface area (TPSA) is 43.4 Å². The van der Waals surface area contributed by atoms with Gasteiger partial charge in [0.15, 0.2) is 6.29 Å². The molecule has 0 saturated carbocycles. The fourth-order valence-corrected chi connectivity index (χ4v) is 1.55. The number of anilines is 1. The van der Waals surface area contributed by atoms with E-state index in [0.717, 1.165) is 11.4 Å². The van der Waals surface area contributed by atoms with E-state index in [2.05, 4.69) is 32.9 Å². The second kappa shape index (κ2) is 6.24. The third-order valence-electron chi connectivity index (χ3n) is 2.10. The van der Waals surface area contributed by atoms with Crippen LogP contribution >= 0.6 is 22.6 Å². The Morgan fingerprint density at radius 2 is 2.13 bits per heavy atom. The molecule has 0 aliphatic rings. The van der Waals surface area contributed by atoms with Gasteiger partial charge in [-0.05, 0) is 35.6 Å². The molecule has 4 nitrogen and oxygen atoms in total. The highest BCUT2D eigenvalue weighted by atomic mass is 127. The first kappa shape index (κ1) is 12.7. The molecule has 1 rings (SSSR count). The molecule has 1 aromatic rings. The number of methoxy groups -OCH3 is 2. The van der Waals surface area contributed by atoms with Gasteiger partial charge in [0.1, 0.15) is 5.82 Å². The Bertz CT molecular complexity index is 316. The van der Waals surface area contributed by atoms with Crippen molar-refractivity contribution in [3.8, 4) is 0 Å². The lowest BCUT2D eigenvalue weighted by molar-refractivity contribution is -0.0914. The van der Waals surface area contributed by atoms with Crippen LogP contribution in [-0.2, 0) is 9.47 Å². The van der Waals surface area contributed by atoms with E-state index in [1.807, 2.05) is 13.0 Å². The van der Waals surface area contributed by atoms with Crippen molar-refractivity contribution >= 4 is 28.4 Å². The molecule has 1 heterocycles. The van der Waals surface area contributed by atoms with Crippen molar-refractivity contribution in [1.82, 2.24) is 4.98 Å². The molecular formula is C10H15IN2O2. The van der Waals surface area contributed by atoms with Crippen LogP contribution in [0, 0.1) is 10.5 Å². The van der Waals surface area contributed by atoms with E-state index < -0.39 is 0 Å². The van der Waals surface area contributed by atoms with E-state index in [9.17, 15) is 0 Å². The number of nitrogens with zero attached hydrogens (tertiary/aromatic N) is 1. The Balaban J connectivity index is 2.61. The van der Waals surface area contributed by atoms with Gasteiger partial charge < -0.3 is 14.8 Å². The SMILES string of the molecule is COC(CNc1nccc(I)c1C)OC. The van der Waals surface area contributed by atoms with Crippen LogP contribution < -0.4 is 5.32 Å². The van der Waals surface area contributed by atoms with Crippen molar-refractivity contribution in [3.05, 3.63) is 21.4 Å². The van der Waals surface area contributed by atoms with Gasteiger partial charge in [-0.3, -0.25) is 0 Å². The normalized spacial score (nSPS) is 10.7. The van der Waals surface area contributed by atoms with Crippen LogP contribution in [0.25, 0.3) is 0 Å². The van der Waals surface area contributed by atoms with Gasteiger partial charge >= 0.3 is 0 Å². The minimum atomic E-state index is -0.246. The Morgan fingerprint density at radius 1 is 1.47 bits per heavy atom. The lowest BCUT2D eigenvalue weighted by Crippen LogP contribution is -2.24. The largest absolute Gasteiger partial charge is 0.365 e. The molecule has 1 N–H and O–H groups in total. The summed E-state index contributed by atoms with van der Waals surface area (Å²) in [7, 11) is 3.23. The average Bonchev–Trinajstić information content (AvgIpc) is 2.25. The van der Waals surface area contributed by atoms with Crippen molar-refractivity contribution in [2.45, 2.75) is 13.2 Å². The van der Waals surface area contributed by atoms with Crippen molar-refractivity contribution in [2.24, 2.45) is 0 Å². The van der Waals surface area contributed by atoms with Gasteiger partial charge in [-0.15, -0.1) is 0 Å². The lowest BCUT2D eigenvalue weighted by atomic mass is 10.3. The number of nitrogens with one attached hydrogen (secondary N) is 1. The lowest BCUT2D eigenvalue weighted by Gasteiger charge is -2.15. The number of hydrogen-bond acceptors (Lipinski definition) is 4. The highest BCUT2D eigenvalue weighted by molar-refractivity contribution is 14.1. The van der Waals surface area contributed by atoms with Crippen LogP contribution in [0.15, 0.2) is 12.3 Å². The number of aromatic nitrogens is 1. The van der Waals surface area contributed by atoms with Crippen LogP contribution in [0.5, 0.6) is 0 Å². The molecule has 0 amide bonds. The van der Waals surface area contributed by atoms with E-state index in [0.29, 0.717) is 6.54 Å². The summed E-state index contributed by atoms with van der Waals surface area (Å²) in [6, 6.07) is 1.98. The highest BCUT2D eigenvalue weighted by Crippen LogP contribution is 2.17. The van der Waals surface area contributed by atoms with E-state index in [-0.39, 0.29) is 6.29 Å². The first-order valence-corrected chi connectivity index (χ1v) is 5.67. The maximum Gasteiger partial charge on any atom is 0.173 e. The highest BCUT2D eigenvalue weighted by Gasteiger charge is 2.07. The summed E-state index contributed by atoms with van der Waals surface area (Å²) in [6.45, 7) is 2.62. The maximum absolute atomic E-state index is 5.08. The molecule has 84 valence electrons. The minimum absolute atomic E-state index is 0.246. The average molecular weight is 322 g/mol. The first-order valence-electron chi connectivity index (χ1n) is 4.59. The molecule has 15 heavy (non-hydrogen) atoms. The van der Waals surface area contributed by atoms with Gasteiger partial charge in [-0.1, -0.05) is 0 Å². The fraction of sp³-hybridized carbons (Fsp3) is 0.500. The zero-order valence-electron chi connectivity index (χ0n) is 9.08. The van der Waals surface area contributed by atoms with E-state index in [4.69, 9.17) is 9.47 Å². The van der Waals surface area contributed by atoms with Crippen LogP contribution in [0.1, 0.15) is 5.56 Å². The summed E-state index contributed by atoms with van der Waals surface area (Å²) in [5, 5.41) is 3.19. The molecule has 0 fully saturated rings. The summed E-state index contributed by atoms with van der Waals surface area (Å²) in [5.74, 6) is 0.876.